The summed E-state index contributed by atoms with van der Waals surface area (Å²) in [5.74, 6) is -1.25. The third-order valence-corrected chi connectivity index (χ3v) is 2.75. The van der Waals surface area contributed by atoms with Crippen molar-refractivity contribution in [3.8, 4) is 0 Å². The Balaban J connectivity index is 2.35. The molecule has 7 heteroatoms. The Labute approximate surface area is 99.8 Å². The summed E-state index contributed by atoms with van der Waals surface area (Å²) in [5, 5.41) is 22.3. The standard InChI is InChI=1S/C10H19N3O4/c1-13-4-2-3-7(5-13)11-10(17)12-8(6-14)9(15)16/h7-8,14H,2-6H2,1H3,(H,15,16)(H2,11,12,17)/t7?,8-/m1/s1. The maximum atomic E-state index is 11.5. The number of aliphatic hydroxyl groups excluding tert-OH is 1. The Kier molecular flexibility index (Phi) is 5.17. The fourth-order valence-corrected chi connectivity index (χ4v) is 1.85. The summed E-state index contributed by atoms with van der Waals surface area (Å²) in [5.41, 5.74) is 0. The first-order valence-corrected chi connectivity index (χ1v) is 5.62. The number of carboxylic acid groups (broad SMARTS) is 1. The minimum Gasteiger partial charge on any atom is -0.480 e. The SMILES string of the molecule is CN1CCCC(NC(=O)N[C@H](CO)C(=O)O)C1. The number of likely N-dealkylation sites (tertiary alicyclic amines) is 1. The van der Waals surface area contributed by atoms with Gasteiger partial charge in [0.1, 0.15) is 0 Å². The van der Waals surface area contributed by atoms with Gasteiger partial charge >= 0.3 is 12.0 Å². The topological polar surface area (TPSA) is 102 Å². The molecule has 4 N–H and O–H groups in total. The molecule has 1 aliphatic rings. The number of urea groups is 1. The first kappa shape index (κ1) is 13.7. The fourth-order valence-electron chi connectivity index (χ4n) is 1.85. The highest BCUT2D eigenvalue weighted by Crippen LogP contribution is 2.07. The lowest BCUT2D eigenvalue weighted by Gasteiger charge is -2.30. The summed E-state index contributed by atoms with van der Waals surface area (Å²) in [6, 6.07) is -1.77. The van der Waals surface area contributed by atoms with Gasteiger partial charge in [0.2, 0.25) is 0 Å². The third-order valence-electron chi connectivity index (χ3n) is 2.75. The van der Waals surface area contributed by atoms with Crippen LogP contribution in [0.15, 0.2) is 0 Å². The van der Waals surface area contributed by atoms with E-state index < -0.39 is 24.6 Å². The number of carbonyl (C=O) groups excluding carboxylic acids is 1. The van der Waals surface area contributed by atoms with Crippen molar-refractivity contribution in [3.63, 3.8) is 0 Å². The maximum absolute atomic E-state index is 11.5. The normalized spacial score (nSPS) is 22.8. The Morgan fingerprint density at radius 2 is 2.24 bits per heavy atom. The number of amides is 2. The van der Waals surface area contributed by atoms with Crippen LogP contribution in [0.4, 0.5) is 4.79 Å². The monoisotopic (exact) mass is 245 g/mol. The minimum atomic E-state index is -1.25. The maximum Gasteiger partial charge on any atom is 0.328 e. The van der Waals surface area contributed by atoms with Gasteiger partial charge in [0.25, 0.3) is 0 Å². The largest absolute Gasteiger partial charge is 0.480 e. The molecule has 17 heavy (non-hydrogen) atoms. The number of carbonyl (C=O) groups is 2. The predicted octanol–water partition coefficient (Wildman–Crippen LogP) is -1.17. The number of carboxylic acids is 1. The summed E-state index contributed by atoms with van der Waals surface area (Å²) in [4.78, 5) is 24.2. The van der Waals surface area contributed by atoms with Gasteiger partial charge < -0.3 is 25.7 Å². The molecule has 0 aromatic heterocycles. The molecule has 1 fully saturated rings. The molecule has 0 spiro atoms. The van der Waals surface area contributed by atoms with Crippen LogP contribution in [0.25, 0.3) is 0 Å². The number of aliphatic hydroxyl groups is 1. The van der Waals surface area contributed by atoms with Crippen LogP contribution in [0.1, 0.15) is 12.8 Å². The number of nitrogens with zero attached hydrogens (tertiary/aromatic N) is 1. The summed E-state index contributed by atoms with van der Waals surface area (Å²) < 4.78 is 0. The quantitative estimate of drug-likeness (QED) is 0.499. The lowest BCUT2D eigenvalue weighted by molar-refractivity contribution is -0.140. The molecule has 0 bridgehead atoms. The van der Waals surface area contributed by atoms with Gasteiger partial charge in [-0.05, 0) is 26.4 Å². The minimum absolute atomic E-state index is 0.0295. The predicted molar refractivity (Wildman–Crippen MR) is 60.7 cm³/mol. The van der Waals surface area contributed by atoms with Gasteiger partial charge in [-0.1, -0.05) is 0 Å². The van der Waals surface area contributed by atoms with Crippen molar-refractivity contribution < 1.29 is 19.8 Å². The molecule has 0 aliphatic carbocycles. The van der Waals surface area contributed by atoms with Crippen molar-refractivity contribution >= 4 is 12.0 Å². The molecular weight excluding hydrogens is 226 g/mol. The Bertz CT molecular complexity index is 285. The number of hydrogen-bond donors (Lipinski definition) is 4. The molecule has 1 rings (SSSR count). The molecule has 7 nitrogen and oxygen atoms in total. The van der Waals surface area contributed by atoms with Gasteiger partial charge in [-0.3, -0.25) is 0 Å². The van der Waals surface area contributed by atoms with Crippen LogP contribution >= 0.6 is 0 Å². The van der Waals surface area contributed by atoms with Crippen LogP contribution in [-0.4, -0.2) is 65.9 Å². The third kappa shape index (κ3) is 4.58. The smallest absolute Gasteiger partial charge is 0.328 e. The van der Waals surface area contributed by atoms with E-state index in [-0.39, 0.29) is 6.04 Å². The average Bonchev–Trinajstić information content (AvgIpc) is 2.25. The van der Waals surface area contributed by atoms with Crippen molar-refractivity contribution in [2.24, 2.45) is 0 Å². The van der Waals surface area contributed by atoms with Crippen molar-refractivity contribution in [1.82, 2.24) is 15.5 Å². The highest BCUT2D eigenvalue weighted by Gasteiger charge is 2.22. The second-order valence-corrected chi connectivity index (χ2v) is 4.29. The molecule has 2 amide bonds. The first-order valence-electron chi connectivity index (χ1n) is 5.62. The average molecular weight is 245 g/mol. The van der Waals surface area contributed by atoms with E-state index in [0.29, 0.717) is 0 Å². The number of piperidine rings is 1. The van der Waals surface area contributed by atoms with Gasteiger partial charge in [0.15, 0.2) is 6.04 Å². The summed E-state index contributed by atoms with van der Waals surface area (Å²) >= 11 is 0. The summed E-state index contributed by atoms with van der Waals surface area (Å²) in [6.45, 7) is 1.14. The molecular formula is C10H19N3O4. The highest BCUT2D eigenvalue weighted by molar-refractivity contribution is 5.82. The second-order valence-electron chi connectivity index (χ2n) is 4.29. The molecule has 1 unspecified atom stereocenters. The number of rotatable bonds is 4. The molecule has 1 heterocycles. The van der Waals surface area contributed by atoms with Gasteiger partial charge in [-0.2, -0.15) is 0 Å². The van der Waals surface area contributed by atoms with E-state index in [1.54, 1.807) is 0 Å². The molecule has 0 saturated carbocycles. The zero-order chi connectivity index (χ0) is 12.8. The summed E-state index contributed by atoms with van der Waals surface area (Å²) in [7, 11) is 1.97. The van der Waals surface area contributed by atoms with Gasteiger partial charge in [0, 0.05) is 12.6 Å². The number of hydrogen-bond acceptors (Lipinski definition) is 4. The first-order chi connectivity index (χ1) is 8.02. The van der Waals surface area contributed by atoms with Crippen molar-refractivity contribution in [3.05, 3.63) is 0 Å². The molecule has 0 radical (unpaired) electrons. The van der Waals surface area contributed by atoms with Gasteiger partial charge in [-0.25, -0.2) is 9.59 Å². The lowest BCUT2D eigenvalue weighted by Crippen LogP contribution is -2.53. The van der Waals surface area contributed by atoms with Crippen molar-refractivity contribution in [2.45, 2.75) is 24.9 Å². The number of aliphatic carboxylic acids is 1. The van der Waals surface area contributed by atoms with E-state index in [1.165, 1.54) is 0 Å². The number of nitrogens with one attached hydrogen (secondary N) is 2. The van der Waals surface area contributed by atoms with E-state index in [2.05, 4.69) is 15.5 Å². The van der Waals surface area contributed by atoms with Crippen LogP contribution in [-0.2, 0) is 4.79 Å². The van der Waals surface area contributed by atoms with Crippen LogP contribution in [0.5, 0.6) is 0 Å². The molecule has 98 valence electrons. The van der Waals surface area contributed by atoms with Crippen LogP contribution in [0.2, 0.25) is 0 Å². The van der Waals surface area contributed by atoms with E-state index >= 15 is 0 Å². The van der Waals surface area contributed by atoms with Gasteiger partial charge in [0.05, 0.1) is 6.61 Å². The van der Waals surface area contributed by atoms with Crippen molar-refractivity contribution in [2.75, 3.05) is 26.7 Å². The Morgan fingerprint density at radius 1 is 1.53 bits per heavy atom. The van der Waals surface area contributed by atoms with E-state index in [4.69, 9.17) is 10.2 Å². The lowest BCUT2D eigenvalue weighted by atomic mass is 10.1. The molecule has 0 aromatic carbocycles. The van der Waals surface area contributed by atoms with E-state index in [0.717, 1.165) is 25.9 Å². The Hall–Kier alpha value is -1.34. The van der Waals surface area contributed by atoms with Gasteiger partial charge in [-0.15, -0.1) is 0 Å². The molecule has 2 atom stereocenters. The van der Waals surface area contributed by atoms with E-state index in [9.17, 15) is 9.59 Å². The van der Waals surface area contributed by atoms with E-state index in [1.807, 2.05) is 7.05 Å². The van der Waals surface area contributed by atoms with Crippen LogP contribution in [0, 0.1) is 0 Å². The molecule has 1 aliphatic heterocycles. The Morgan fingerprint density at radius 3 is 2.76 bits per heavy atom. The molecule has 1 saturated heterocycles. The number of likely N-dealkylation sites (N-methyl/N-ethyl adjacent to an activating group) is 1. The van der Waals surface area contributed by atoms with Crippen LogP contribution < -0.4 is 10.6 Å². The fraction of sp³-hybridized carbons (Fsp3) is 0.800. The zero-order valence-electron chi connectivity index (χ0n) is 9.85. The van der Waals surface area contributed by atoms with Crippen LogP contribution in [0.3, 0.4) is 0 Å². The second kappa shape index (κ2) is 6.41. The zero-order valence-corrected chi connectivity index (χ0v) is 9.85. The molecule has 0 aromatic rings. The van der Waals surface area contributed by atoms with Crippen molar-refractivity contribution in [1.29, 1.82) is 0 Å². The summed E-state index contributed by atoms with van der Waals surface area (Å²) in [6.07, 6.45) is 1.89. The highest BCUT2D eigenvalue weighted by atomic mass is 16.4.